The molecule has 0 saturated heterocycles. The molecule has 0 bridgehead atoms. The molecular weight excluding hydrogens is 394 g/mol. The Kier molecular flexibility index (Phi) is 6.07. The Morgan fingerprint density at radius 3 is 2.62 bits per heavy atom. The molecule has 0 N–H and O–H groups in total. The molecule has 0 saturated carbocycles. The Hall–Kier alpha value is -3.07. The lowest BCUT2D eigenvalue weighted by atomic mass is 9.96. The zero-order valence-corrected chi connectivity index (χ0v) is 17.2. The topological polar surface area (TPSA) is 104 Å². The normalized spacial score (nSPS) is 16.4. The molecule has 2 heterocycles. The van der Waals surface area contributed by atoms with E-state index in [0.717, 1.165) is 12.8 Å². The monoisotopic (exact) mass is 415 g/mol. The number of nitro groups is 1. The number of esters is 1. The number of fused-ring (bicyclic) bond motifs is 1. The number of carbonyl (C=O) groups is 1. The van der Waals surface area contributed by atoms with E-state index in [1.54, 1.807) is 26.0 Å². The first-order valence-corrected chi connectivity index (χ1v) is 10.1. The Bertz CT molecular complexity index is 1160. The molecule has 0 aliphatic carbocycles. The molecule has 1 atom stereocenters. The second-order valence-electron chi connectivity index (χ2n) is 6.48. The number of non-ortho nitro benzene ring substituents is 1. The number of nitrogens with zero attached hydrogens (tertiary/aromatic N) is 3. The summed E-state index contributed by atoms with van der Waals surface area (Å²) in [4.78, 5) is 41.1. The first-order chi connectivity index (χ1) is 13.9. The molecular formula is C20H21N3O5S. The highest BCUT2D eigenvalue weighted by atomic mass is 32.1. The van der Waals surface area contributed by atoms with Gasteiger partial charge in [0.25, 0.3) is 11.2 Å². The van der Waals surface area contributed by atoms with E-state index in [0.29, 0.717) is 20.6 Å². The van der Waals surface area contributed by atoms with Crippen LogP contribution in [0, 0.1) is 10.1 Å². The zero-order chi connectivity index (χ0) is 21.1. The number of allylic oxidation sites excluding steroid dienone is 1. The number of nitro benzene ring substituents is 1. The van der Waals surface area contributed by atoms with Crippen LogP contribution in [0.1, 0.15) is 45.2 Å². The molecule has 3 rings (SSSR count). The van der Waals surface area contributed by atoms with Crippen molar-refractivity contribution in [3.63, 3.8) is 0 Å². The molecule has 9 heteroatoms. The third-order valence-electron chi connectivity index (χ3n) is 4.58. The lowest BCUT2D eigenvalue weighted by molar-refractivity contribution is -0.384. The van der Waals surface area contributed by atoms with Gasteiger partial charge in [0.15, 0.2) is 4.80 Å². The fourth-order valence-electron chi connectivity index (χ4n) is 3.15. The van der Waals surface area contributed by atoms with Gasteiger partial charge in [0.05, 0.1) is 21.6 Å². The summed E-state index contributed by atoms with van der Waals surface area (Å²) in [5, 5.41) is 10.9. The summed E-state index contributed by atoms with van der Waals surface area (Å²) in [6, 6.07) is 5.19. The van der Waals surface area contributed by atoms with Gasteiger partial charge in [-0.05, 0) is 38.0 Å². The van der Waals surface area contributed by atoms with Crippen LogP contribution in [0.15, 0.2) is 39.6 Å². The van der Waals surface area contributed by atoms with Gasteiger partial charge < -0.3 is 4.74 Å². The predicted octanol–water partition coefficient (Wildman–Crippen LogP) is 2.57. The summed E-state index contributed by atoms with van der Waals surface area (Å²) in [6.45, 7) is 5.61. The van der Waals surface area contributed by atoms with Crippen LogP contribution in [-0.4, -0.2) is 22.1 Å². The minimum Gasteiger partial charge on any atom is -0.463 e. The van der Waals surface area contributed by atoms with Gasteiger partial charge in [0, 0.05) is 17.8 Å². The average Bonchev–Trinajstić information content (AvgIpc) is 3.02. The largest absolute Gasteiger partial charge is 0.463 e. The summed E-state index contributed by atoms with van der Waals surface area (Å²) in [7, 11) is 0. The number of ether oxygens (including phenoxy) is 1. The van der Waals surface area contributed by atoms with Crippen molar-refractivity contribution in [1.29, 1.82) is 0 Å². The summed E-state index contributed by atoms with van der Waals surface area (Å²) in [6.07, 6.45) is 3.57. The van der Waals surface area contributed by atoms with Gasteiger partial charge in [-0.3, -0.25) is 19.5 Å². The predicted molar refractivity (Wildman–Crippen MR) is 110 cm³/mol. The second-order valence-corrected chi connectivity index (χ2v) is 7.49. The maximum absolute atomic E-state index is 12.8. The molecule has 152 valence electrons. The summed E-state index contributed by atoms with van der Waals surface area (Å²) < 4.78 is 7.23. The number of carbonyl (C=O) groups excluding carboxylic acids is 1. The molecule has 2 aromatic rings. The molecule has 0 unspecified atom stereocenters. The highest BCUT2D eigenvalue weighted by molar-refractivity contribution is 7.07. The maximum atomic E-state index is 12.8. The minimum atomic E-state index is -0.702. The molecule has 8 nitrogen and oxygen atoms in total. The van der Waals surface area contributed by atoms with Gasteiger partial charge in [0.2, 0.25) is 0 Å². The van der Waals surface area contributed by atoms with Crippen molar-refractivity contribution in [3.05, 3.63) is 65.2 Å². The molecule has 29 heavy (non-hydrogen) atoms. The summed E-state index contributed by atoms with van der Waals surface area (Å²) >= 11 is 1.27. The van der Waals surface area contributed by atoms with Gasteiger partial charge in [-0.2, -0.15) is 0 Å². The first-order valence-electron chi connectivity index (χ1n) is 9.31. The van der Waals surface area contributed by atoms with Crippen LogP contribution < -0.4 is 14.9 Å². The summed E-state index contributed by atoms with van der Waals surface area (Å²) in [5.41, 5.74) is 1.09. The molecule has 1 aromatic carbocycles. The second kappa shape index (κ2) is 8.52. The van der Waals surface area contributed by atoms with E-state index in [4.69, 9.17) is 4.74 Å². The molecule has 1 aromatic heterocycles. The Morgan fingerprint density at radius 1 is 1.34 bits per heavy atom. The Balaban J connectivity index is 2.23. The lowest BCUT2D eigenvalue weighted by Gasteiger charge is -2.22. The highest BCUT2D eigenvalue weighted by Crippen LogP contribution is 2.33. The van der Waals surface area contributed by atoms with E-state index < -0.39 is 16.9 Å². The average molecular weight is 415 g/mol. The smallest absolute Gasteiger partial charge is 0.338 e. The Labute approximate surface area is 170 Å². The van der Waals surface area contributed by atoms with Gasteiger partial charge in [-0.25, -0.2) is 9.79 Å². The van der Waals surface area contributed by atoms with Gasteiger partial charge in [-0.15, -0.1) is 0 Å². The lowest BCUT2D eigenvalue weighted by Crippen LogP contribution is -2.35. The third-order valence-corrected chi connectivity index (χ3v) is 5.61. The van der Waals surface area contributed by atoms with E-state index in [2.05, 4.69) is 4.99 Å². The van der Waals surface area contributed by atoms with Crippen molar-refractivity contribution < 1.29 is 14.5 Å². The number of rotatable bonds is 6. The van der Waals surface area contributed by atoms with Crippen molar-refractivity contribution in [2.75, 3.05) is 6.61 Å². The zero-order valence-electron chi connectivity index (χ0n) is 16.4. The van der Waals surface area contributed by atoms with Crippen LogP contribution in [0.3, 0.4) is 0 Å². The van der Waals surface area contributed by atoms with Crippen LogP contribution in [0.5, 0.6) is 0 Å². The standard InChI is InChI=1S/C20H21N3O5S/c1-4-6-7-15-18(24)22-12(3)16(19(25)28-5-2)17(21-20(22)29-15)13-8-10-14(11-9-13)23(26)27/h7-11,17H,4-6H2,1-3H3/b15-7-/t17-/m0/s1. The quantitative estimate of drug-likeness (QED) is 0.410. The number of unbranched alkanes of at least 4 members (excludes halogenated alkanes) is 1. The SMILES string of the molecule is CCC/C=c1\sc2n(c1=O)C(C)=C(C(=O)OCC)[C@H](c1ccc([N+](=O)[O-])cc1)N=2. The Morgan fingerprint density at radius 2 is 2.03 bits per heavy atom. The van der Waals surface area contributed by atoms with Crippen molar-refractivity contribution in [2.45, 2.75) is 39.7 Å². The van der Waals surface area contributed by atoms with E-state index >= 15 is 0 Å². The van der Waals surface area contributed by atoms with E-state index in [1.807, 2.05) is 13.0 Å². The fourth-order valence-corrected chi connectivity index (χ4v) is 4.20. The third kappa shape index (κ3) is 3.91. The molecule has 0 amide bonds. The number of thiazole rings is 1. The summed E-state index contributed by atoms with van der Waals surface area (Å²) in [5.74, 6) is -0.556. The first kappa shape index (κ1) is 20.7. The maximum Gasteiger partial charge on any atom is 0.338 e. The molecule has 1 aliphatic rings. The van der Waals surface area contributed by atoms with Crippen LogP contribution >= 0.6 is 11.3 Å². The van der Waals surface area contributed by atoms with Crippen molar-refractivity contribution in [2.24, 2.45) is 4.99 Å². The van der Waals surface area contributed by atoms with Crippen LogP contribution in [-0.2, 0) is 9.53 Å². The highest BCUT2D eigenvalue weighted by Gasteiger charge is 2.31. The van der Waals surface area contributed by atoms with Crippen molar-refractivity contribution >= 4 is 34.8 Å². The molecule has 0 fully saturated rings. The van der Waals surface area contributed by atoms with E-state index in [1.165, 1.54) is 28.0 Å². The van der Waals surface area contributed by atoms with Crippen LogP contribution in [0.4, 0.5) is 5.69 Å². The van der Waals surface area contributed by atoms with Gasteiger partial charge >= 0.3 is 5.97 Å². The molecule has 0 radical (unpaired) electrons. The number of hydrogen-bond acceptors (Lipinski definition) is 7. The number of benzene rings is 1. The number of aromatic nitrogens is 1. The molecule has 1 aliphatic heterocycles. The number of hydrogen-bond donors (Lipinski definition) is 0. The van der Waals surface area contributed by atoms with Crippen molar-refractivity contribution in [3.8, 4) is 0 Å². The fraction of sp³-hybridized carbons (Fsp3) is 0.350. The molecule has 0 spiro atoms. The minimum absolute atomic E-state index is 0.0487. The van der Waals surface area contributed by atoms with E-state index in [-0.39, 0.29) is 23.4 Å². The van der Waals surface area contributed by atoms with E-state index in [9.17, 15) is 19.7 Å². The van der Waals surface area contributed by atoms with Gasteiger partial charge in [-0.1, -0.05) is 30.8 Å². The van der Waals surface area contributed by atoms with Gasteiger partial charge in [0.1, 0.15) is 6.04 Å². The van der Waals surface area contributed by atoms with Crippen LogP contribution in [0.2, 0.25) is 0 Å². The van der Waals surface area contributed by atoms with Crippen LogP contribution in [0.25, 0.3) is 11.8 Å². The van der Waals surface area contributed by atoms with Crippen molar-refractivity contribution in [1.82, 2.24) is 4.57 Å².